The van der Waals surface area contributed by atoms with Crippen molar-refractivity contribution < 1.29 is 9.53 Å². The summed E-state index contributed by atoms with van der Waals surface area (Å²) in [5, 5.41) is 2.81. The molecule has 0 aromatic rings. The number of carbonyl (C=O) groups is 1. The van der Waals surface area contributed by atoms with Gasteiger partial charge in [0.15, 0.2) is 0 Å². The molecule has 0 saturated heterocycles. The fraction of sp³-hybridized carbons (Fsp3) is 0.909. The second-order valence-electron chi connectivity index (χ2n) is 4.23. The number of rotatable bonds is 3. The SMILES string of the molecule is CCOC(=O)NCC1CCC(C)CC1. The number of ether oxygens (including phenoxy) is 1. The molecule has 82 valence electrons. The molecule has 14 heavy (non-hydrogen) atoms. The third kappa shape index (κ3) is 3.99. The molecule has 3 heteroatoms. The zero-order valence-electron chi connectivity index (χ0n) is 9.21. The smallest absolute Gasteiger partial charge is 0.407 e. The molecule has 1 rings (SSSR count). The lowest BCUT2D eigenvalue weighted by atomic mass is 9.83. The molecular formula is C11H21NO2. The Bertz CT molecular complexity index is 174. The molecule has 0 aromatic heterocycles. The highest BCUT2D eigenvalue weighted by molar-refractivity contribution is 5.66. The van der Waals surface area contributed by atoms with Gasteiger partial charge in [-0.2, -0.15) is 0 Å². The van der Waals surface area contributed by atoms with Crippen molar-refractivity contribution in [1.82, 2.24) is 5.32 Å². The molecule has 0 aliphatic heterocycles. The molecule has 0 radical (unpaired) electrons. The van der Waals surface area contributed by atoms with Crippen LogP contribution in [0.1, 0.15) is 39.5 Å². The summed E-state index contributed by atoms with van der Waals surface area (Å²) in [5.74, 6) is 1.53. The Hall–Kier alpha value is -0.730. The van der Waals surface area contributed by atoms with Crippen LogP contribution in [-0.2, 0) is 4.74 Å². The molecule has 1 aliphatic rings. The van der Waals surface area contributed by atoms with Gasteiger partial charge in [0.2, 0.25) is 0 Å². The number of hydrogen-bond acceptors (Lipinski definition) is 2. The van der Waals surface area contributed by atoms with E-state index in [0.717, 1.165) is 12.5 Å². The second kappa shape index (κ2) is 5.89. The van der Waals surface area contributed by atoms with E-state index >= 15 is 0 Å². The first-order valence-corrected chi connectivity index (χ1v) is 5.63. The first kappa shape index (κ1) is 11.3. The van der Waals surface area contributed by atoms with Crippen molar-refractivity contribution >= 4 is 6.09 Å². The van der Waals surface area contributed by atoms with Gasteiger partial charge in [0.05, 0.1) is 6.61 Å². The van der Waals surface area contributed by atoms with Crippen LogP contribution in [0.15, 0.2) is 0 Å². The van der Waals surface area contributed by atoms with E-state index in [1.54, 1.807) is 0 Å². The summed E-state index contributed by atoms with van der Waals surface area (Å²) in [6.07, 6.45) is 4.82. The fourth-order valence-electron chi connectivity index (χ4n) is 1.94. The summed E-state index contributed by atoms with van der Waals surface area (Å²) in [6, 6.07) is 0. The Morgan fingerprint density at radius 2 is 2.00 bits per heavy atom. The van der Waals surface area contributed by atoms with Crippen molar-refractivity contribution in [3.63, 3.8) is 0 Å². The maximum Gasteiger partial charge on any atom is 0.407 e. The van der Waals surface area contributed by atoms with Crippen LogP contribution in [-0.4, -0.2) is 19.2 Å². The summed E-state index contributed by atoms with van der Waals surface area (Å²) in [6.45, 7) is 5.36. The minimum Gasteiger partial charge on any atom is -0.450 e. The molecule has 1 fully saturated rings. The summed E-state index contributed by atoms with van der Waals surface area (Å²) in [5.41, 5.74) is 0. The van der Waals surface area contributed by atoms with Crippen molar-refractivity contribution in [2.24, 2.45) is 11.8 Å². The first-order valence-electron chi connectivity index (χ1n) is 5.63. The average Bonchev–Trinajstić information content (AvgIpc) is 2.17. The second-order valence-corrected chi connectivity index (χ2v) is 4.23. The minimum absolute atomic E-state index is 0.272. The molecule has 1 N–H and O–H groups in total. The number of carbonyl (C=O) groups excluding carboxylic acids is 1. The molecule has 0 atom stereocenters. The molecule has 0 spiro atoms. The van der Waals surface area contributed by atoms with Crippen molar-refractivity contribution in [3.8, 4) is 0 Å². The summed E-state index contributed by atoms with van der Waals surface area (Å²) >= 11 is 0. The van der Waals surface area contributed by atoms with Crippen LogP contribution < -0.4 is 5.32 Å². The average molecular weight is 199 g/mol. The van der Waals surface area contributed by atoms with Crippen LogP contribution in [0.25, 0.3) is 0 Å². The first-order chi connectivity index (χ1) is 6.72. The lowest BCUT2D eigenvalue weighted by Crippen LogP contribution is -2.31. The molecule has 3 nitrogen and oxygen atoms in total. The molecule has 0 unspecified atom stereocenters. The number of amides is 1. The minimum atomic E-state index is -0.272. The van der Waals surface area contributed by atoms with Gasteiger partial charge in [0.1, 0.15) is 0 Å². The van der Waals surface area contributed by atoms with Crippen molar-refractivity contribution in [1.29, 1.82) is 0 Å². The highest BCUT2D eigenvalue weighted by Gasteiger charge is 2.18. The predicted octanol–water partition coefficient (Wildman–Crippen LogP) is 2.56. The largest absolute Gasteiger partial charge is 0.450 e. The lowest BCUT2D eigenvalue weighted by molar-refractivity contribution is 0.148. The predicted molar refractivity (Wildman–Crippen MR) is 56.1 cm³/mol. The van der Waals surface area contributed by atoms with Crippen molar-refractivity contribution in [2.45, 2.75) is 39.5 Å². The fourth-order valence-corrected chi connectivity index (χ4v) is 1.94. The van der Waals surface area contributed by atoms with Crippen molar-refractivity contribution in [2.75, 3.05) is 13.2 Å². The van der Waals surface area contributed by atoms with E-state index < -0.39 is 0 Å². The van der Waals surface area contributed by atoms with E-state index in [2.05, 4.69) is 12.2 Å². The van der Waals surface area contributed by atoms with Gasteiger partial charge < -0.3 is 10.1 Å². The van der Waals surface area contributed by atoms with E-state index in [4.69, 9.17) is 4.74 Å². The summed E-state index contributed by atoms with van der Waals surface area (Å²) in [4.78, 5) is 11.0. The van der Waals surface area contributed by atoms with Gasteiger partial charge in [0, 0.05) is 6.54 Å². The van der Waals surface area contributed by atoms with Gasteiger partial charge >= 0.3 is 6.09 Å². The van der Waals surface area contributed by atoms with E-state index in [9.17, 15) is 4.79 Å². The number of hydrogen-bond donors (Lipinski definition) is 1. The maximum absolute atomic E-state index is 11.0. The van der Waals surface area contributed by atoms with Crippen LogP contribution in [0.5, 0.6) is 0 Å². The maximum atomic E-state index is 11.0. The standard InChI is InChI=1S/C11H21NO2/c1-3-14-11(13)12-8-10-6-4-9(2)5-7-10/h9-10H,3-8H2,1-2H3,(H,12,13). The quantitative estimate of drug-likeness (QED) is 0.758. The Labute approximate surface area is 86.2 Å². The third-order valence-electron chi connectivity index (χ3n) is 2.95. The third-order valence-corrected chi connectivity index (χ3v) is 2.95. The molecule has 0 bridgehead atoms. The van der Waals surface area contributed by atoms with Gasteiger partial charge in [-0.1, -0.05) is 19.8 Å². The number of alkyl carbamates (subject to hydrolysis) is 1. The number of nitrogens with one attached hydrogen (secondary N) is 1. The molecule has 1 saturated carbocycles. The Balaban J connectivity index is 2.09. The molecule has 1 amide bonds. The highest BCUT2D eigenvalue weighted by atomic mass is 16.5. The van der Waals surface area contributed by atoms with E-state index in [-0.39, 0.29) is 6.09 Å². The van der Waals surface area contributed by atoms with E-state index in [0.29, 0.717) is 12.5 Å². The Kier molecular flexibility index (Phi) is 4.77. The van der Waals surface area contributed by atoms with Gasteiger partial charge in [-0.15, -0.1) is 0 Å². The monoisotopic (exact) mass is 199 g/mol. The van der Waals surface area contributed by atoms with Gasteiger partial charge in [-0.3, -0.25) is 0 Å². The van der Waals surface area contributed by atoms with E-state index in [1.165, 1.54) is 25.7 Å². The van der Waals surface area contributed by atoms with Crippen LogP contribution >= 0.6 is 0 Å². The van der Waals surface area contributed by atoms with Crippen LogP contribution in [0.3, 0.4) is 0 Å². The topological polar surface area (TPSA) is 38.3 Å². The zero-order chi connectivity index (χ0) is 10.4. The molecule has 0 aromatic carbocycles. The van der Waals surface area contributed by atoms with E-state index in [1.807, 2.05) is 6.92 Å². The van der Waals surface area contributed by atoms with Gasteiger partial charge in [-0.05, 0) is 31.6 Å². The summed E-state index contributed by atoms with van der Waals surface area (Å²) < 4.78 is 4.80. The molecule has 1 aliphatic carbocycles. The Morgan fingerprint density at radius 3 is 2.57 bits per heavy atom. The highest BCUT2D eigenvalue weighted by Crippen LogP contribution is 2.27. The zero-order valence-corrected chi connectivity index (χ0v) is 9.21. The van der Waals surface area contributed by atoms with Crippen LogP contribution in [0, 0.1) is 11.8 Å². The molecular weight excluding hydrogens is 178 g/mol. The van der Waals surface area contributed by atoms with Crippen LogP contribution in [0.4, 0.5) is 4.79 Å². The Morgan fingerprint density at radius 1 is 1.36 bits per heavy atom. The van der Waals surface area contributed by atoms with Crippen molar-refractivity contribution in [3.05, 3.63) is 0 Å². The lowest BCUT2D eigenvalue weighted by Gasteiger charge is -2.25. The van der Waals surface area contributed by atoms with Gasteiger partial charge in [-0.25, -0.2) is 4.79 Å². The normalized spacial score (nSPS) is 27.0. The molecule has 0 heterocycles. The van der Waals surface area contributed by atoms with Crippen LogP contribution in [0.2, 0.25) is 0 Å². The van der Waals surface area contributed by atoms with Gasteiger partial charge in [0.25, 0.3) is 0 Å². The summed E-state index contributed by atoms with van der Waals surface area (Å²) in [7, 11) is 0.